The van der Waals surface area contributed by atoms with Crippen molar-refractivity contribution >= 4 is 0 Å². The van der Waals surface area contributed by atoms with Crippen LogP contribution in [0.4, 0.5) is 0 Å². The van der Waals surface area contributed by atoms with E-state index in [9.17, 15) is 0 Å². The lowest BCUT2D eigenvalue weighted by Gasteiger charge is -2.20. The monoisotopic (exact) mass is 294 g/mol. The Labute approximate surface area is 129 Å². The standard InChI is InChI=1S/C17H30N2O2/c1-6-8-18-15(12-21-9-7-2)10-16-14(4)17(20-5)13(3)11-19-16/h11,15,18H,6-10,12H2,1-5H3. The van der Waals surface area contributed by atoms with E-state index < -0.39 is 0 Å². The normalized spacial score (nSPS) is 12.4. The Morgan fingerprint density at radius 2 is 2.00 bits per heavy atom. The lowest BCUT2D eigenvalue weighted by Crippen LogP contribution is -2.36. The summed E-state index contributed by atoms with van der Waals surface area (Å²) in [4.78, 5) is 4.59. The zero-order valence-corrected chi connectivity index (χ0v) is 14.2. The number of aryl methyl sites for hydroxylation is 1. The summed E-state index contributed by atoms with van der Waals surface area (Å²) in [5, 5.41) is 3.55. The molecule has 21 heavy (non-hydrogen) atoms. The largest absolute Gasteiger partial charge is 0.496 e. The minimum absolute atomic E-state index is 0.301. The fourth-order valence-corrected chi connectivity index (χ4v) is 2.42. The van der Waals surface area contributed by atoms with Gasteiger partial charge >= 0.3 is 0 Å². The van der Waals surface area contributed by atoms with Crippen molar-refractivity contribution in [3.05, 3.63) is 23.0 Å². The quantitative estimate of drug-likeness (QED) is 0.674. The van der Waals surface area contributed by atoms with Crippen LogP contribution in [0.2, 0.25) is 0 Å². The molecule has 1 unspecified atom stereocenters. The van der Waals surface area contributed by atoms with E-state index in [0.717, 1.165) is 61.6 Å². The summed E-state index contributed by atoms with van der Waals surface area (Å²) < 4.78 is 11.2. The molecule has 0 aliphatic rings. The molecule has 0 spiro atoms. The van der Waals surface area contributed by atoms with E-state index in [0.29, 0.717) is 6.04 Å². The van der Waals surface area contributed by atoms with Gasteiger partial charge in [0, 0.05) is 42.1 Å². The van der Waals surface area contributed by atoms with Crippen LogP contribution in [0, 0.1) is 13.8 Å². The number of methoxy groups -OCH3 is 1. The van der Waals surface area contributed by atoms with Crippen molar-refractivity contribution in [1.29, 1.82) is 0 Å². The highest BCUT2D eigenvalue weighted by Crippen LogP contribution is 2.24. The van der Waals surface area contributed by atoms with Crippen molar-refractivity contribution in [2.75, 3.05) is 26.9 Å². The van der Waals surface area contributed by atoms with Crippen LogP contribution < -0.4 is 10.1 Å². The molecule has 1 aromatic rings. The topological polar surface area (TPSA) is 43.4 Å². The smallest absolute Gasteiger partial charge is 0.128 e. The molecule has 1 N–H and O–H groups in total. The molecule has 0 aliphatic carbocycles. The minimum Gasteiger partial charge on any atom is -0.496 e. The van der Waals surface area contributed by atoms with E-state index >= 15 is 0 Å². The predicted molar refractivity (Wildman–Crippen MR) is 87.2 cm³/mol. The van der Waals surface area contributed by atoms with Gasteiger partial charge in [-0.2, -0.15) is 0 Å². The van der Waals surface area contributed by atoms with E-state index in [1.165, 1.54) is 0 Å². The first-order valence-electron chi connectivity index (χ1n) is 7.94. The Hall–Kier alpha value is -1.13. The van der Waals surface area contributed by atoms with Crippen molar-refractivity contribution < 1.29 is 9.47 Å². The van der Waals surface area contributed by atoms with Gasteiger partial charge in [0.05, 0.1) is 13.7 Å². The van der Waals surface area contributed by atoms with Crippen molar-refractivity contribution in [3.8, 4) is 5.75 Å². The minimum atomic E-state index is 0.301. The third-order valence-electron chi connectivity index (χ3n) is 3.54. The fourth-order valence-electron chi connectivity index (χ4n) is 2.42. The molecule has 4 heteroatoms. The maximum atomic E-state index is 5.71. The van der Waals surface area contributed by atoms with Gasteiger partial charge in [-0.05, 0) is 33.2 Å². The van der Waals surface area contributed by atoms with E-state index in [4.69, 9.17) is 9.47 Å². The van der Waals surface area contributed by atoms with Gasteiger partial charge in [0.15, 0.2) is 0 Å². The molecule has 1 rings (SSSR count). The Morgan fingerprint density at radius 1 is 1.24 bits per heavy atom. The van der Waals surface area contributed by atoms with Crippen LogP contribution in [0.15, 0.2) is 6.20 Å². The lowest BCUT2D eigenvalue weighted by atomic mass is 10.0. The molecule has 1 atom stereocenters. The summed E-state index contributed by atoms with van der Waals surface area (Å²) >= 11 is 0. The van der Waals surface area contributed by atoms with Crippen LogP contribution in [0.1, 0.15) is 43.5 Å². The molecule has 0 fully saturated rings. The molecule has 1 aromatic heterocycles. The second-order valence-corrected chi connectivity index (χ2v) is 5.48. The predicted octanol–water partition coefficient (Wildman–Crippen LogP) is 3.04. The first kappa shape index (κ1) is 17.9. The number of pyridine rings is 1. The molecule has 0 saturated heterocycles. The van der Waals surface area contributed by atoms with Gasteiger partial charge in [0.1, 0.15) is 5.75 Å². The van der Waals surface area contributed by atoms with Crippen molar-refractivity contribution in [2.45, 2.75) is 53.0 Å². The van der Waals surface area contributed by atoms with Crippen molar-refractivity contribution in [1.82, 2.24) is 10.3 Å². The van der Waals surface area contributed by atoms with Crippen LogP contribution in [0.3, 0.4) is 0 Å². The van der Waals surface area contributed by atoms with Crippen LogP contribution in [-0.4, -0.2) is 37.9 Å². The number of nitrogens with one attached hydrogen (secondary N) is 1. The van der Waals surface area contributed by atoms with E-state index in [-0.39, 0.29) is 0 Å². The van der Waals surface area contributed by atoms with Crippen molar-refractivity contribution in [3.63, 3.8) is 0 Å². The van der Waals surface area contributed by atoms with Gasteiger partial charge in [-0.1, -0.05) is 13.8 Å². The molecule has 0 aliphatic heterocycles. The molecular weight excluding hydrogens is 264 g/mol. The SMILES string of the molecule is CCCNC(COCCC)Cc1ncc(C)c(OC)c1C. The molecular formula is C17H30N2O2. The maximum Gasteiger partial charge on any atom is 0.128 e. The lowest BCUT2D eigenvalue weighted by molar-refractivity contribution is 0.111. The third kappa shape index (κ3) is 5.64. The van der Waals surface area contributed by atoms with Crippen LogP contribution in [0.5, 0.6) is 5.75 Å². The summed E-state index contributed by atoms with van der Waals surface area (Å²) in [6.07, 6.45) is 4.93. The Morgan fingerprint density at radius 3 is 2.62 bits per heavy atom. The van der Waals surface area contributed by atoms with Crippen LogP contribution >= 0.6 is 0 Å². The average molecular weight is 294 g/mol. The van der Waals surface area contributed by atoms with Gasteiger partial charge in [-0.3, -0.25) is 4.98 Å². The third-order valence-corrected chi connectivity index (χ3v) is 3.54. The summed E-state index contributed by atoms with van der Waals surface area (Å²) in [6.45, 7) is 11.0. The number of nitrogens with zero attached hydrogens (tertiary/aromatic N) is 1. The molecule has 0 saturated carbocycles. The Balaban J connectivity index is 2.77. The highest BCUT2D eigenvalue weighted by atomic mass is 16.5. The summed E-state index contributed by atoms with van der Waals surface area (Å²) in [7, 11) is 1.72. The second kappa shape index (κ2) is 9.74. The molecule has 0 aromatic carbocycles. The highest BCUT2D eigenvalue weighted by Gasteiger charge is 2.15. The first-order valence-corrected chi connectivity index (χ1v) is 7.94. The zero-order chi connectivity index (χ0) is 15.7. The van der Waals surface area contributed by atoms with Crippen LogP contribution in [-0.2, 0) is 11.2 Å². The first-order chi connectivity index (χ1) is 10.1. The molecule has 120 valence electrons. The molecule has 1 heterocycles. The number of hydrogen-bond acceptors (Lipinski definition) is 4. The van der Waals surface area contributed by atoms with Gasteiger partial charge < -0.3 is 14.8 Å². The van der Waals surface area contributed by atoms with Gasteiger partial charge in [-0.15, -0.1) is 0 Å². The molecule has 0 amide bonds. The number of ether oxygens (including phenoxy) is 2. The van der Waals surface area contributed by atoms with E-state index in [1.54, 1.807) is 7.11 Å². The molecule has 0 radical (unpaired) electrons. The van der Waals surface area contributed by atoms with E-state index in [1.807, 2.05) is 13.1 Å². The summed E-state index contributed by atoms with van der Waals surface area (Å²) in [6, 6.07) is 0.301. The van der Waals surface area contributed by atoms with Gasteiger partial charge in [-0.25, -0.2) is 0 Å². The summed E-state index contributed by atoms with van der Waals surface area (Å²) in [5.74, 6) is 0.948. The Kier molecular flexibility index (Phi) is 8.31. The van der Waals surface area contributed by atoms with Crippen molar-refractivity contribution in [2.24, 2.45) is 0 Å². The Bertz CT molecular complexity index is 421. The number of aromatic nitrogens is 1. The highest BCUT2D eigenvalue weighted by molar-refractivity contribution is 5.41. The number of rotatable bonds is 10. The maximum absolute atomic E-state index is 5.71. The molecule has 0 bridgehead atoms. The number of hydrogen-bond donors (Lipinski definition) is 1. The zero-order valence-electron chi connectivity index (χ0n) is 14.2. The van der Waals surface area contributed by atoms with Gasteiger partial charge in [0.2, 0.25) is 0 Å². The fraction of sp³-hybridized carbons (Fsp3) is 0.706. The molecule has 4 nitrogen and oxygen atoms in total. The second-order valence-electron chi connectivity index (χ2n) is 5.48. The summed E-state index contributed by atoms with van der Waals surface area (Å²) in [5.41, 5.74) is 3.31. The van der Waals surface area contributed by atoms with Gasteiger partial charge in [0.25, 0.3) is 0 Å². The van der Waals surface area contributed by atoms with Crippen LogP contribution in [0.25, 0.3) is 0 Å². The average Bonchev–Trinajstić information content (AvgIpc) is 2.48. The van der Waals surface area contributed by atoms with E-state index in [2.05, 4.69) is 31.1 Å².